The second kappa shape index (κ2) is 2.56. The zero-order valence-corrected chi connectivity index (χ0v) is 6.09. The normalized spacial score (nSPS) is 9.25. The molecule has 0 aliphatic carbocycles. The van der Waals surface area contributed by atoms with E-state index in [1.165, 1.54) is 5.46 Å². The standard InChI is InChI=1S/C5H5BClS/c1-6-4-2-5(7)8-3-4/h2-3H,1H3. The summed E-state index contributed by atoms with van der Waals surface area (Å²) < 4.78 is 0.859. The Labute approximate surface area is 58.7 Å². The Balaban J connectivity index is 2.84. The molecular formula is C5H5BClS. The lowest BCUT2D eigenvalue weighted by Gasteiger charge is -1.77. The highest BCUT2D eigenvalue weighted by atomic mass is 35.5. The molecule has 1 rings (SSSR count). The van der Waals surface area contributed by atoms with Gasteiger partial charge in [-0.2, -0.15) is 0 Å². The minimum Gasteiger partial charge on any atom is -0.133 e. The van der Waals surface area contributed by atoms with Gasteiger partial charge in [0.25, 0.3) is 0 Å². The summed E-state index contributed by atoms with van der Waals surface area (Å²) in [5.41, 5.74) is 1.21. The van der Waals surface area contributed by atoms with Gasteiger partial charge in [-0.1, -0.05) is 23.9 Å². The molecule has 1 aromatic rings. The van der Waals surface area contributed by atoms with E-state index in [0.29, 0.717) is 0 Å². The Morgan fingerprint density at radius 1 is 1.75 bits per heavy atom. The van der Waals surface area contributed by atoms with Crippen molar-refractivity contribution in [2.45, 2.75) is 6.82 Å². The topological polar surface area (TPSA) is 0 Å². The van der Waals surface area contributed by atoms with Gasteiger partial charge in [-0.3, -0.25) is 0 Å². The van der Waals surface area contributed by atoms with Crippen LogP contribution in [0.25, 0.3) is 0 Å². The van der Waals surface area contributed by atoms with Gasteiger partial charge in [-0.05, 0) is 11.4 Å². The summed E-state index contributed by atoms with van der Waals surface area (Å²) in [7, 11) is 2.03. The van der Waals surface area contributed by atoms with Crippen LogP contribution in [0.4, 0.5) is 0 Å². The number of halogens is 1. The molecular weight excluding hydrogens is 138 g/mol. The third-order valence-electron chi connectivity index (χ3n) is 0.921. The van der Waals surface area contributed by atoms with Crippen molar-refractivity contribution in [2.75, 3.05) is 0 Å². The second-order valence-electron chi connectivity index (χ2n) is 1.47. The molecule has 0 bridgehead atoms. The highest BCUT2D eigenvalue weighted by molar-refractivity contribution is 7.15. The van der Waals surface area contributed by atoms with Crippen molar-refractivity contribution < 1.29 is 0 Å². The average Bonchev–Trinajstić information content (AvgIpc) is 2.14. The van der Waals surface area contributed by atoms with E-state index in [4.69, 9.17) is 11.6 Å². The van der Waals surface area contributed by atoms with Gasteiger partial charge in [0.05, 0.1) is 4.34 Å². The molecule has 0 spiro atoms. The fourth-order valence-electron chi connectivity index (χ4n) is 0.475. The maximum atomic E-state index is 5.64. The van der Waals surface area contributed by atoms with E-state index < -0.39 is 0 Å². The minimum absolute atomic E-state index is 0.859. The van der Waals surface area contributed by atoms with Crippen LogP contribution < -0.4 is 5.46 Å². The molecule has 3 heteroatoms. The molecule has 0 saturated carbocycles. The quantitative estimate of drug-likeness (QED) is 0.526. The van der Waals surface area contributed by atoms with E-state index in [-0.39, 0.29) is 0 Å². The zero-order chi connectivity index (χ0) is 5.98. The molecule has 0 nitrogen and oxygen atoms in total. The summed E-state index contributed by atoms with van der Waals surface area (Å²) in [5, 5.41) is 2.03. The van der Waals surface area contributed by atoms with Gasteiger partial charge in [0.2, 0.25) is 0 Å². The molecule has 0 fully saturated rings. The summed E-state index contributed by atoms with van der Waals surface area (Å²) in [6.07, 6.45) is 0. The average molecular weight is 143 g/mol. The first-order chi connectivity index (χ1) is 3.83. The first-order valence-corrected chi connectivity index (χ1v) is 3.62. The lowest BCUT2D eigenvalue weighted by Crippen LogP contribution is -2.04. The Hall–Kier alpha value is 0.0549. The van der Waals surface area contributed by atoms with Crippen LogP contribution >= 0.6 is 22.9 Å². The van der Waals surface area contributed by atoms with E-state index >= 15 is 0 Å². The van der Waals surface area contributed by atoms with Crippen molar-refractivity contribution in [3.05, 3.63) is 15.8 Å². The van der Waals surface area contributed by atoms with E-state index in [0.717, 1.165) is 4.34 Å². The molecule has 1 radical (unpaired) electrons. The Bertz CT molecular complexity index is 173. The van der Waals surface area contributed by atoms with Gasteiger partial charge in [0.15, 0.2) is 0 Å². The fourth-order valence-corrected chi connectivity index (χ4v) is 1.39. The molecule has 0 amide bonds. The van der Waals surface area contributed by atoms with Gasteiger partial charge >= 0.3 is 0 Å². The fraction of sp³-hybridized carbons (Fsp3) is 0.200. The minimum atomic E-state index is 0.859. The Kier molecular flexibility index (Phi) is 1.98. The lowest BCUT2D eigenvalue weighted by atomic mass is 9.75. The molecule has 0 aliphatic rings. The summed E-state index contributed by atoms with van der Waals surface area (Å²) in [6.45, 7) is 2.00. The van der Waals surface area contributed by atoms with E-state index in [1.807, 2.05) is 25.5 Å². The lowest BCUT2D eigenvalue weighted by molar-refractivity contribution is 2.09. The molecule has 0 unspecified atom stereocenters. The maximum absolute atomic E-state index is 5.64. The summed E-state index contributed by atoms with van der Waals surface area (Å²) in [4.78, 5) is 0. The Morgan fingerprint density at radius 2 is 2.50 bits per heavy atom. The first-order valence-electron chi connectivity index (χ1n) is 2.36. The van der Waals surface area contributed by atoms with Crippen molar-refractivity contribution in [2.24, 2.45) is 0 Å². The van der Waals surface area contributed by atoms with E-state index in [2.05, 4.69) is 0 Å². The van der Waals surface area contributed by atoms with Gasteiger partial charge < -0.3 is 0 Å². The largest absolute Gasteiger partial charge is 0.149 e. The molecule has 0 atom stereocenters. The second-order valence-corrected chi connectivity index (χ2v) is 3.02. The predicted octanol–water partition coefficient (Wildman–Crippen LogP) is 1.78. The van der Waals surface area contributed by atoms with Crippen LogP contribution in [0.5, 0.6) is 0 Å². The molecule has 8 heavy (non-hydrogen) atoms. The summed E-state index contributed by atoms with van der Waals surface area (Å²) in [5.74, 6) is 0. The van der Waals surface area contributed by atoms with Crippen molar-refractivity contribution in [1.82, 2.24) is 0 Å². The monoisotopic (exact) mass is 143 g/mol. The highest BCUT2D eigenvalue weighted by Crippen LogP contribution is 2.12. The molecule has 1 heterocycles. The van der Waals surface area contributed by atoms with Crippen LogP contribution in [0.15, 0.2) is 11.4 Å². The molecule has 1 aromatic heterocycles. The highest BCUT2D eigenvalue weighted by Gasteiger charge is 1.92. The third kappa shape index (κ3) is 1.27. The number of rotatable bonds is 1. The van der Waals surface area contributed by atoms with Crippen molar-refractivity contribution in [3.63, 3.8) is 0 Å². The summed E-state index contributed by atoms with van der Waals surface area (Å²) in [6, 6.07) is 1.95. The van der Waals surface area contributed by atoms with Gasteiger partial charge in [0.1, 0.15) is 7.28 Å². The molecule has 0 saturated heterocycles. The molecule has 0 aromatic carbocycles. The third-order valence-corrected chi connectivity index (χ3v) is 2.03. The molecule has 0 N–H and O–H groups in total. The van der Waals surface area contributed by atoms with Crippen LogP contribution in [-0.4, -0.2) is 7.28 Å². The zero-order valence-electron chi connectivity index (χ0n) is 4.52. The number of thiophene rings is 1. The smallest absolute Gasteiger partial charge is 0.133 e. The SMILES string of the molecule is C[B]c1csc(Cl)c1. The van der Waals surface area contributed by atoms with Crippen LogP contribution in [0.2, 0.25) is 11.2 Å². The van der Waals surface area contributed by atoms with Crippen LogP contribution in [0, 0.1) is 0 Å². The van der Waals surface area contributed by atoms with Crippen molar-refractivity contribution >= 4 is 35.7 Å². The number of hydrogen-bond donors (Lipinski definition) is 0. The van der Waals surface area contributed by atoms with E-state index in [9.17, 15) is 0 Å². The van der Waals surface area contributed by atoms with Gasteiger partial charge in [0, 0.05) is 0 Å². The molecule has 0 aliphatic heterocycles. The first kappa shape index (κ1) is 6.18. The predicted molar refractivity (Wildman–Crippen MR) is 40.6 cm³/mol. The summed E-state index contributed by atoms with van der Waals surface area (Å²) >= 11 is 7.20. The van der Waals surface area contributed by atoms with Crippen LogP contribution in [-0.2, 0) is 0 Å². The number of hydrogen-bond acceptors (Lipinski definition) is 1. The van der Waals surface area contributed by atoms with Crippen molar-refractivity contribution in [1.29, 1.82) is 0 Å². The van der Waals surface area contributed by atoms with Crippen LogP contribution in [0.3, 0.4) is 0 Å². The maximum Gasteiger partial charge on any atom is 0.149 e. The van der Waals surface area contributed by atoms with E-state index in [1.54, 1.807) is 11.3 Å². The van der Waals surface area contributed by atoms with Crippen molar-refractivity contribution in [3.8, 4) is 0 Å². The van der Waals surface area contributed by atoms with Gasteiger partial charge in [-0.15, -0.1) is 11.3 Å². The molecule has 41 valence electrons. The van der Waals surface area contributed by atoms with Crippen LogP contribution in [0.1, 0.15) is 0 Å². The Morgan fingerprint density at radius 3 is 2.75 bits per heavy atom. The van der Waals surface area contributed by atoms with Gasteiger partial charge in [-0.25, -0.2) is 0 Å².